The Balaban J connectivity index is 1.62. The first-order valence-electron chi connectivity index (χ1n) is 7.21. The molecule has 1 amide bonds. The zero-order valence-corrected chi connectivity index (χ0v) is 11.4. The first kappa shape index (κ1) is 11.3. The zero-order valence-electron chi connectivity index (χ0n) is 11.4. The summed E-state index contributed by atoms with van der Waals surface area (Å²) in [4.78, 5) is 14.1. The maximum atomic E-state index is 12.0. The molecule has 1 aromatic carbocycles. The molecule has 2 aliphatic carbocycles. The van der Waals surface area contributed by atoms with Gasteiger partial charge in [-0.15, -0.1) is 0 Å². The molecule has 4 atom stereocenters. The van der Waals surface area contributed by atoms with E-state index in [1.54, 1.807) is 0 Å². The molecule has 1 heterocycles. The average molecular weight is 257 g/mol. The highest BCUT2D eigenvalue weighted by Gasteiger charge is 2.62. The first-order chi connectivity index (χ1) is 9.18. The molecule has 3 nitrogen and oxygen atoms in total. The number of amides is 1. The lowest BCUT2D eigenvalue weighted by molar-refractivity contribution is 0.152. The van der Waals surface area contributed by atoms with Crippen LogP contribution in [0, 0.1) is 11.8 Å². The molecule has 1 saturated heterocycles. The summed E-state index contributed by atoms with van der Waals surface area (Å²) >= 11 is 0. The van der Waals surface area contributed by atoms with Crippen molar-refractivity contribution >= 4 is 6.09 Å². The Morgan fingerprint density at radius 2 is 2.11 bits per heavy atom. The first-order valence-corrected chi connectivity index (χ1v) is 7.21. The third-order valence-corrected chi connectivity index (χ3v) is 5.03. The molecular weight excluding hydrogens is 238 g/mol. The number of benzene rings is 1. The maximum Gasteiger partial charge on any atom is 0.410 e. The van der Waals surface area contributed by atoms with Gasteiger partial charge in [0.05, 0.1) is 6.04 Å². The van der Waals surface area contributed by atoms with Crippen molar-refractivity contribution in [2.45, 2.75) is 38.3 Å². The minimum atomic E-state index is -0.101. The monoisotopic (exact) mass is 257 g/mol. The number of rotatable bonds is 2. The van der Waals surface area contributed by atoms with Gasteiger partial charge in [-0.2, -0.15) is 0 Å². The van der Waals surface area contributed by atoms with Crippen LogP contribution in [0.3, 0.4) is 0 Å². The van der Waals surface area contributed by atoms with E-state index in [1.165, 1.54) is 11.1 Å². The molecule has 2 fully saturated rings. The minimum Gasteiger partial charge on any atom is -0.447 e. The van der Waals surface area contributed by atoms with Gasteiger partial charge in [0.15, 0.2) is 0 Å². The van der Waals surface area contributed by atoms with E-state index >= 15 is 0 Å². The molecule has 3 heteroatoms. The van der Waals surface area contributed by atoms with Crippen LogP contribution in [0.4, 0.5) is 4.79 Å². The fourth-order valence-electron chi connectivity index (χ4n) is 4.00. The highest BCUT2D eigenvalue weighted by molar-refractivity contribution is 5.72. The summed E-state index contributed by atoms with van der Waals surface area (Å²) in [6, 6.07) is 9.32. The number of ether oxygens (including phenoxy) is 1. The number of carbonyl (C=O) groups is 1. The summed E-state index contributed by atoms with van der Waals surface area (Å²) in [5.41, 5.74) is 2.93. The number of hydrogen-bond donors (Lipinski definition) is 0. The Kier molecular flexibility index (Phi) is 2.23. The van der Waals surface area contributed by atoms with E-state index in [0.717, 1.165) is 6.42 Å². The lowest BCUT2D eigenvalue weighted by Gasteiger charge is -2.26. The van der Waals surface area contributed by atoms with Gasteiger partial charge < -0.3 is 4.74 Å². The van der Waals surface area contributed by atoms with Crippen molar-refractivity contribution < 1.29 is 9.53 Å². The Bertz CT molecular complexity index is 539. The van der Waals surface area contributed by atoms with Gasteiger partial charge in [0.25, 0.3) is 0 Å². The summed E-state index contributed by atoms with van der Waals surface area (Å²) in [7, 11) is 0. The van der Waals surface area contributed by atoms with Crippen LogP contribution in [0.5, 0.6) is 0 Å². The molecule has 1 aromatic rings. The Morgan fingerprint density at radius 3 is 2.89 bits per heavy atom. The summed E-state index contributed by atoms with van der Waals surface area (Å²) in [5.74, 6) is 1.65. The molecule has 1 saturated carbocycles. The van der Waals surface area contributed by atoms with Crippen LogP contribution in [-0.2, 0) is 11.2 Å². The lowest BCUT2D eigenvalue weighted by atomic mass is 10.0. The normalized spacial score (nSPS) is 35.3. The number of nitrogens with zero attached hydrogens (tertiary/aromatic N) is 1. The van der Waals surface area contributed by atoms with E-state index in [4.69, 9.17) is 4.74 Å². The third kappa shape index (κ3) is 1.47. The van der Waals surface area contributed by atoms with Crippen LogP contribution in [0.25, 0.3) is 0 Å². The number of carbonyl (C=O) groups excluding carboxylic acids is 1. The van der Waals surface area contributed by atoms with Gasteiger partial charge in [-0.05, 0) is 29.4 Å². The van der Waals surface area contributed by atoms with Gasteiger partial charge in [-0.25, -0.2) is 4.79 Å². The van der Waals surface area contributed by atoms with Gasteiger partial charge in [0.1, 0.15) is 6.61 Å². The molecule has 1 aliphatic heterocycles. The second kappa shape index (κ2) is 3.75. The third-order valence-electron chi connectivity index (χ3n) is 5.03. The maximum absolute atomic E-state index is 12.0. The van der Waals surface area contributed by atoms with E-state index in [9.17, 15) is 4.79 Å². The predicted molar refractivity (Wildman–Crippen MR) is 72.0 cm³/mol. The van der Waals surface area contributed by atoms with Crippen molar-refractivity contribution in [3.63, 3.8) is 0 Å². The summed E-state index contributed by atoms with van der Waals surface area (Å²) in [6.07, 6.45) is 1.02. The number of fused-ring (bicyclic) bond motifs is 3. The standard InChI is InChI=1S/C16H19NO2/c1-9(2)13-8-19-16(18)17(13)15-12-7-10-5-3-4-6-11(10)14(12)15/h3-6,9,12-15H,7-8H2,1-2H3/t12-,13-,14+,15-/m1/s1. The average Bonchev–Trinajstić information content (AvgIpc) is 2.78. The smallest absolute Gasteiger partial charge is 0.410 e. The Labute approximate surface area is 113 Å². The van der Waals surface area contributed by atoms with Crippen LogP contribution in [-0.4, -0.2) is 29.7 Å². The quantitative estimate of drug-likeness (QED) is 0.815. The predicted octanol–water partition coefficient (Wildman–Crippen LogP) is 2.80. The Hall–Kier alpha value is -1.51. The number of hydrogen-bond acceptors (Lipinski definition) is 2. The van der Waals surface area contributed by atoms with E-state index < -0.39 is 0 Å². The second-order valence-corrected chi connectivity index (χ2v) is 6.38. The SMILES string of the molecule is CC(C)[C@H]1COC(=O)N1[C@@H]1[C@@H]2Cc3ccccc3[C@@H]21. The van der Waals surface area contributed by atoms with Crippen LogP contribution in [0.2, 0.25) is 0 Å². The summed E-state index contributed by atoms with van der Waals surface area (Å²) < 4.78 is 5.28. The molecular formula is C16H19NO2. The minimum absolute atomic E-state index is 0.101. The molecule has 0 N–H and O–H groups in total. The van der Waals surface area contributed by atoms with Crippen LogP contribution in [0.1, 0.15) is 30.9 Å². The van der Waals surface area contributed by atoms with Crippen molar-refractivity contribution in [2.75, 3.05) is 6.61 Å². The molecule has 0 bridgehead atoms. The van der Waals surface area contributed by atoms with Gasteiger partial charge in [-0.3, -0.25) is 4.90 Å². The molecule has 0 spiro atoms. The van der Waals surface area contributed by atoms with E-state index in [2.05, 4.69) is 38.1 Å². The summed E-state index contributed by atoms with van der Waals surface area (Å²) in [6.45, 7) is 4.91. The van der Waals surface area contributed by atoms with Crippen molar-refractivity contribution in [2.24, 2.45) is 11.8 Å². The fraction of sp³-hybridized carbons (Fsp3) is 0.562. The van der Waals surface area contributed by atoms with E-state index in [-0.39, 0.29) is 12.1 Å². The fourth-order valence-corrected chi connectivity index (χ4v) is 4.00. The second-order valence-electron chi connectivity index (χ2n) is 6.38. The van der Waals surface area contributed by atoms with Gasteiger partial charge in [-0.1, -0.05) is 38.1 Å². The highest BCUT2D eigenvalue weighted by Crippen LogP contribution is 2.59. The molecule has 0 unspecified atom stereocenters. The zero-order chi connectivity index (χ0) is 13.1. The molecule has 0 aromatic heterocycles. The van der Waals surface area contributed by atoms with Gasteiger partial charge in [0.2, 0.25) is 0 Å². The largest absolute Gasteiger partial charge is 0.447 e. The van der Waals surface area contributed by atoms with Crippen molar-refractivity contribution in [3.8, 4) is 0 Å². The van der Waals surface area contributed by atoms with Crippen molar-refractivity contribution in [3.05, 3.63) is 35.4 Å². The molecule has 0 radical (unpaired) electrons. The van der Waals surface area contributed by atoms with Crippen LogP contribution in [0.15, 0.2) is 24.3 Å². The lowest BCUT2D eigenvalue weighted by Crippen LogP contribution is -2.40. The van der Waals surface area contributed by atoms with Crippen LogP contribution < -0.4 is 0 Å². The molecule has 19 heavy (non-hydrogen) atoms. The molecule has 4 rings (SSSR count). The van der Waals surface area contributed by atoms with Crippen molar-refractivity contribution in [1.29, 1.82) is 0 Å². The van der Waals surface area contributed by atoms with Gasteiger partial charge in [0, 0.05) is 12.0 Å². The summed E-state index contributed by atoms with van der Waals surface area (Å²) in [5, 5.41) is 0. The number of cyclic esters (lactones) is 1. The Morgan fingerprint density at radius 1 is 1.32 bits per heavy atom. The van der Waals surface area contributed by atoms with Crippen molar-refractivity contribution in [1.82, 2.24) is 4.90 Å². The molecule has 3 aliphatic rings. The van der Waals surface area contributed by atoms with E-state index in [1.807, 2.05) is 4.90 Å². The van der Waals surface area contributed by atoms with E-state index in [0.29, 0.717) is 30.4 Å². The van der Waals surface area contributed by atoms with Gasteiger partial charge >= 0.3 is 6.09 Å². The van der Waals surface area contributed by atoms with Crippen LogP contribution >= 0.6 is 0 Å². The topological polar surface area (TPSA) is 29.5 Å². The molecule has 100 valence electrons. The highest BCUT2D eigenvalue weighted by atomic mass is 16.6.